The lowest BCUT2D eigenvalue weighted by Crippen LogP contribution is -2.27. The minimum Gasteiger partial charge on any atom is -0.465 e. The molecular formula is C15H21INO5PS. The maximum absolute atomic E-state index is 11.9. The Kier molecular flexibility index (Phi) is 11.2. The average molecular weight is 485 g/mol. The molecule has 9 heteroatoms. The lowest BCUT2D eigenvalue weighted by atomic mass is 10.1. The Balaban J connectivity index is 0.00000254. The average Bonchev–Trinajstić information content (AvgIpc) is 2.58. The minimum atomic E-state index is -3.49. The van der Waals surface area contributed by atoms with Gasteiger partial charge in [-0.05, 0) is 40.2 Å². The molecule has 1 unspecified atom stereocenters. The summed E-state index contributed by atoms with van der Waals surface area (Å²) in [6, 6.07) is 4.67. The van der Waals surface area contributed by atoms with Gasteiger partial charge in [0.2, 0.25) is 10.0 Å². The van der Waals surface area contributed by atoms with E-state index in [2.05, 4.69) is 33.9 Å². The molecule has 6 nitrogen and oxygen atoms in total. The molecule has 134 valence electrons. The largest absolute Gasteiger partial charge is 0.465 e. The molecule has 0 aromatic heterocycles. The van der Waals surface area contributed by atoms with Gasteiger partial charge in [-0.25, -0.2) is 13.2 Å². The van der Waals surface area contributed by atoms with Gasteiger partial charge in [0.15, 0.2) is 0 Å². The van der Waals surface area contributed by atoms with Gasteiger partial charge in [-0.3, -0.25) is 4.31 Å². The monoisotopic (exact) mass is 485 g/mol. The van der Waals surface area contributed by atoms with E-state index in [0.29, 0.717) is 18.6 Å². The molecule has 1 aromatic carbocycles. The summed E-state index contributed by atoms with van der Waals surface area (Å²) in [5.74, 6) is 5.04. The summed E-state index contributed by atoms with van der Waals surface area (Å²) >= 11 is 2.09. The Hall–Kier alpha value is -0.880. The maximum atomic E-state index is 11.9. The minimum absolute atomic E-state index is 0.138. The first-order chi connectivity index (χ1) is 11.3. The van der Waals surface area contributed by atoms with Crippen LogP contribution >= 0.6 is 28.5 Å². The fourth-order valence-electron chi connectivity index (χ4n) is 1.54. The highest BCUT2D eigenvalue weighted by Gasteiger charge is 2.20. The third-order valence-electron chi connectivity index (χ3n) is 2.67. The zero-order chi connectivity index (χ0) is 18.8. The van der Waals surface area contributed by atoms with Crippen LogP contribution in [0.15, 0.2) is 18.2 Å². The summed E-state index contributed by atoms with van der Waals surface area (Å²) < 4.78 is 34.2. The number of halogens is 1. The molecule has 1 atom stereocenters. The molecule has 0 aliphatic heterocycles. The van der Waals surface area contributed by atoms with Crippen molar-refractivity contribution in [2.24, 2.45) is 0 Å². The van der Waals surface area contributed by atoms with Crippen LogP contribution in [-0.2, 0) is 19.3 Å². The van der Waals surface area contributed by atoms with Crippen molar-refractivity contribution in [2.45, 2.75) is 13.8 Å². The van der Waals surface area contributed by atoms with Crippen LogP contribution in [0, 0.1) is 11.8 Å². The molecule has 0 amide bonds. The van der Waals surface area contributed by atoms with Crippen LogP contribution in [0.3, 0.4) is 0 Å². The molecule has 0 saturated heterocycles. The van der Waals surface area contributed by atoms with Crippen molar-refractivity contribution in [2.75, 3.05) is 31.3 Å². The van der Waals surface area contributed by atoms with E-state index in [4.69, 9.17) is 9.26 Å². The van der Waals surface area contributed by atoms with Crippen molar-refractivity contribution in [3.05, 3.63) is 29.3 Å². The van der Waals surface area contributed by atoms with E-state index in [1.807, 2.05) is 13.8 Å². The predicted molar refractivity (Wildman–Crippen MR) is 108 cm³/mol. The number of rotatable bonds is 5. The van der Waals surface area contributed by atoms with Crippen LogP contribution < -0.4 is 4.31 Å². The summed E-state index contributed by atoms with van der Waals surface area (Å²) in [7, 11) is -0.879. The number of esters is 1. The van der Waals surface area contributed by atoms with Crippen molar-refractivity contribution in [1.82, 2.24) is 0 Å². The highest BCUT2D eigenvalue weighted by atomic mass is 127. The molecule has 0 heterocycles. The number of carbonyl (C=O) groups excluding carboxylic acids is 1. The van der Waals surface area contributed by atoms with Gasteiger partial charge in [0.1, 0.15) is 6.61 Å². The molecule has 0 spiro atoms. The van der Waals surface area contributed by atoms with E-state index >= 15 is 0 Å². The fourth-order valence-corrected chi connectivity index (χ4v) is 2.65. The number of benzene rings is 1. The Morgan fingerprint density at radius 1 is 1.38 bits per heavy atom. The first-order valence-corrected chi connectivity index (χ1v) is 12.8. The lowest BCUT2D eigenvalue weighted by Gasteiger charge is -2.19. The van der Waals surface area contributed by atoms with Gasteiger partial charge in [0, 0.05) is 12.6 Å². The maximum Gasteiger partial charge on any atom is 0.340 e. The SMILES string of the molecule is CC.COC(=O)c1cc(C#CCOPI)ccc1N(C)S(C)(=O)=O. The normalized spacial score (nSPS) is 10.4. The van der Waals surface area contributed by atoms with Gasteiger partial charge in [0.25, 0.3) is 0 Å². The summed E-state index contributed by atoms with van der Waals surface area (Å²) in [6.45, 7) is 4.62. The Morgan fingerprint density at radius 3 is 2.50 bits per heavy atom. The van der Waals surface area contributed by atoms with Gasteiger partial charge >= 0.3 is 5.97 Å². The van der Waals surface area contributed by atoms with Crippen molar-refractivity contribution in [3.63, 3.8) is 0 Å². The van der Waals surface area contributed by atoms with E-state index in [1.54, 1.807) is 6.07 Å². The van der Waals surface area contributed by atoms with Crippen molar-refractivity contribution in [1.29, 1.82) is 0 Å². The lowest BCUT2D eigenvalue weighted by molar-refractivity contribution is 0.0601. The van der Waals surface area contributed by atoms with Crippen molar-refractivity contribution < 1.29 is 22.5 Å². The second-order valence-electron chi connectivity index (χ2n) is 4.12. The van der Waals surface area contributed by atoms with Gasteiger partial charge < -0.3 is 9.26 Å². The Bertz CT molecular complexity index is 712. The molecule has 1 rings (SSSR count). The molecule has 0 fully saturated rings. The van der Waals surface area contributed by atoms with E-state index in [9.17, 15) is 13.2 Å². The van der Waals surface area contributed by atoms with E-state index < -0.39 is 16.0 Å². The standard InChI is InChI=1S/C13H15INO5PS.C2H6/c1-15(22(3,17)18)12-7-6-10(5-4-8-20-21-14)9-11(12)13(16)19-2;1-2/h6-7,9,21H,8H2,1-3H3;1-2H3. The van der Waals surface area contributed by atoms with Crippen LogP contribution in [0.1, 0.15) is 29.8 Å². The first kappa shape index (κ1) is 23.1. The third kappa shape index (κ3) is 7.34. The van der Waals surface area contributed by atoms with Gasteiger partial charge in [-0.15, -0.1) is 0 Å². The molecule has 0 radical (unpaired) electrons. The van der Waals surface area contributed by atoms with Crippen molar-refractivity contribution >= 4 is 50.2 Å². The quantitative estimate of drug-likeness (QED) is 0.211. The number of methoxy groups -OCH3 is 1. The summed E-state index contributed by atoms with van der Waals surface area (Å²) in [6.07, 6.45) is 1.06. The number of carbonyl (C=O) groups is 1. The van der Waals surface area contributed by atoms with Gasteiger partial charge in [0.05, 0.1) is 31.1 Å². The number of ether oxygens (including phenoxy) is 1. The predicted octanol–water partition coefficient (Wildman–Crippen LogP) is 3.21. The zero-order valence-corrected chi connectivity index (χ0v) is 18.2. The summed E-state index contributed by atoms with van der Waals surface area (Å²) in [5, 5.41) is 0. The van der Waals surface area contributed by atoms with Crippen molar-refractivity contribution in [3.8, 4) is 11.8 Å². The fraction of sp³-hybridized carbons (Fsp3) is 0.400. The molecule has 0 aliphatic rings. The number of hydrogen-bond acceptors (Lipinski definition) is 5. The molecule has 0 N–H and O–H groups in total. The van der Waals surface area contributed by atoms with Crippen LogP contribution in [0.2, 0.25) is 0 Å². The van der Waals surface area contributed by atoms with Gasteiger partial charge in [-0.1, -0.05) is 25.7 Å². The second kappa shape index (κ2) is 11.6. The molecule has 1 aromatic rings. The first-order valence-electron chi connectivity index (χ1n) is 6.93. The Labute approximate surface area is 158 Å². The van der Waals surface area contributed by atoms with E-state index in [0.717, 1.165) is 10.6 Å². The smallest absolute Gasteiger partial charge is 0.340 e. The Morgan fingerprint density at radius 2 is 2.00 bits per heavy atom. The molecule has 0 bridgehead atoms. The van der Waals surface area contributed by atoms with Crippen LogP contribution in [0.4, 0.5) is 5.69 Å². The molecular weight excluding hydrogens is 464 g/mol. The highest BCUT2D eigenvalue weighted by molar-refractivity contribution is 14.2. The third-order valence-corrected chi connectivity index (χ3v) is 5.05. The molecule has 0 aliphatic carbocycles. The van der Waals surface area contributed by atoms with Crippen LogP contribution in [-0.4, -0.2) is 41.4 Å². The summed E-state index contributed by atoms with van der Waals surface area (Å²) in [4.78, 5) is 11.9. The summed E-state index contributed by atoms with van der Waals surface area (Å²) in [5.41, 5.74) is 0.954. The highest BCUT2D eigenvalue weighted by Crippen LogP contribution is 2.24. The van der Waals surface area contributed by atoms with E-state index in [-0.39, 0.29) is 11.3 Å². The van der Waals surface area contributed by atoms with E-state index in [1.165, 1.54) is 26.3 Å². The number of hydrogen-bond donors (Lipinski definition) is 0. The number of anilines is 1. The van der Waals surface area contributed by atoms with Crippen LogP contribution in [0.25, 0.3) is 0 Å². The second-order valence-corrected chi connectivity index (χ2v) is 7.90. The van der Waals surface area contributed by atoms with Gasteiger partial charge in [-0.2, -0.15) is 0 Å². The molecule has 0 saturated carbocycles. The number of nitrogens with zero attached hydrogens (tertiary/aromatic N) is 1. The van der Waals surface area contributed by atoms with Crippen LogP contribution in [0.5, 0.6) is 0 Å². The number of sulfonamides is 1. The topological polar surface area (TPSA) is 72.9 Å². The molecule has 24 heavy (non-hydrogen) atoms. The zero-order valence-electron chi connectivity index (χ0n) is 14.2.